The normalized spacial score (nSPS) is 12.5. The number of hydrogen-bond donors (Lipinski definition) is 3. The van der Waals surface area contributed by atoms with Gasteiger partial charge in [0.25, 0.3) is 0 Å². The first-order valence-corrected chi connectivity index (χ1v) is 3.40. The highest BCUT2D eigenvalue weighted by Gasteiger charge is 2.00. The van der Waals surface area contributed by atoms with E-state index in [1.165, 1.54) is 0 Å². The number of ether oxygens (including phenoxy) is 1. The third kappa shape index (κ3) is 7.08. The number of nitrogens with one attached hydrogen (secondary N) is 2. The molecule has 1 amide bonds. The van der Waals surface area contributed by atoms with Crippen LogP contribution in [0, 0.1) is 0 Å². The summed E-state index contributed by atoms with van der Waals surface area (Å²) in [7, 11) is 1.61. The monoisotopic (exact) mass is 162 g/mol. The molecule has 5 heteroatoms. The molecular formula is C6H14N2O3. The van der Waals surface area contributed by atoms with Crippen molar-refractivity contribution in [1.29, 1.82) is 0 Å². The predicted molar refractivity (Wildman–Crippen MR) is 40.3 cm³/mol. The van der Waals surface area contributed by atoms with Crippen LogP contribution in [0.15, 0.2) is 0 Å². The van der Waals surface area contributed by atoms with Crippen molar-refractivity contribution in [2.24, 2.45) is 0 Å². The Kier molecular flexibility index (Phi) is 5.50. The molecule has 5 nitrogen and oxygen atoms in total. The Morgan fingerprint density at radius 1 is 1.73 bits per heavy atom. The summed E-state index contributed by atoms with van der Waals surface area (Å²) in [5.41, 5.74) is 4.65. The summed E-state index contributed by atoms with van der Waals surface area (Å²) in [6.45, 7) is 2.49. The quantitative estimate of drug-likeness (QED) is 0.504. The van der Waals surface area contributed by atoms with Crippen LogP contribution in [0.25, 0.3) is 0 Å². The van der Waals surface area contributed by atoms with Crippen LogP contribution in [0.1, 0.15) is 13.3 Å². The molecule has 0 rings (SSSR count). The first-order valence-electron chi connectivity index (χ1n) is 3.40. The smallest absolute Gasteiger partial charge is 0.419 e. The highest BCUT2D eigenvalue weighted by atomic mass is 16.5. The van der Waals surface area contributed by atoms with Crippen LogP contribution in [-0.4, -0.2) is 31.0 Å². The Balaban J connectivity index is 3.22. The van der Waals surface area contributed by atoms with Crippen LogP contribution >= 0.6 is 0 Å². The molecule has 0 saturated carbocycles. The van der Waals surface area contributed by atoms with Crippen molar-refractivity contribution in [2.75, 3.05) is 13.7 Å². The van der Waals surface area contributed by atoms with Crippen molar-refractivity contribution < 1.29 is 14.6 Å². The van der Waals surface area contributed by atoms with Crippen molar-refractivity contribution in [3.05, 3.63) is 0 Å². The van der Waals surface area contributed by atoms with E-state index in [-0.39, 0.29) is 6.04 Å². The minimum absolute atomic E-state index is 0.0889. The maximum Gasteiger partial charge on any atom is 0.419 e. The summed E-state index contributed by atoms with van der Waals surface area (Å²) in [4.78, 5) is 9.97. The van der Waals surface area contributed by atoms with Gasteiger partial charge in [-0.2, -0.15) is 0 Å². The minimum Gasteiger partial charge on any atom is -0.464 e. The lowest BCUT2D eigenvalue weighted by Gasteiger charge is -2.11. The van der Waals surface area contributed by atoms with Gasteiger partial charge in [-0.25, -0.2) is 10.2 Å². The molecule has 11 heavy (non-hydrogen) atoms. The van der Waals surface area contributed by atoms with E-state index in [1.54, 1.807) is 7.11 Å². The van der Waals surface area contributed by atoms with Crippen molar-refractivity contribution in [3.63, 3.8) is 0 Å². The number of hydrazine groups is 1. The van der Waals surface area contributed by atoms with E-state index in [0.29, 0.717) is 6.61 Å². The number of hydrogen-bond acceptors (Lipinski definition) is 3. The Hall–Kier alpha value is -0.810. The lowest BCUT2D eigenvalue weighted by molar-refractivity contribution is 0.171. The first kappa shape index (κ1) is 10.2. The molecule has 0 radical (unpaired) electrons. The molecule has 0 aliphatic heterocycles. The van der Waals surface area contributed by atoms with Gasteiger partial charge in [0.2, 0.25) is 0 Å². The molecule has 0 aromatic heterocycles. The van der Waals surface area contributed by atoms with E-state index >= 15 is 0 Å². The van der Waals surface area contributed by atoms with Crippen molar-refractivity contribution in [1.82, 2.24) is 10.9 Å². The molecule has 0 fully saturated rings. The van der Waals surface area contributed by atoms with Crippen molar-refractivity contribution in [3.8, 4) is 0 Å². The second kappa shape index (κ2) is 5.94. The van der Waals surface area contributed by atoms with Gasteiger partial charge in [0.05, 0.1) is 0 Å². The lowest BCUT2D eigenvalue weighted by Crippen LogP contribution is -2.42. The van der Waals surface area contributed by atoms with E-state index in [9.17, 15) is 4.79 Å². The molecule has 1 atom stereocenters. The maximum atomic E-state index is 9.97. The molecule has 0 aliphatic carbocycles. The van der Waals surface area contributed by atoms with Gasteiger partial charge in [-0.05, 0) is 13.3 Å². The van der Waals surface area contributed by atoms with Crippen LogP contribution < -0.4 is 10.9 Å². The predicted octanol–water partition coefficient (Wildman–Crippen LogP) is 0.184. The van der Waals surface area contributed by atoms with Crippen molar-refractivity contribution in [2.45, 2.75) is 19.4 Å². The van der Waals surface area contributed by atoms with Crippen LogP contribution in [0.3, 0.4) is 0 Å². The molecule has 0 aromatic carbocycles. The summed E-state index contributed by atoms with van der Waals surface area (Å²) < 4.78 is 4.80. The average molecular weight is 162 g/mol. The minimum atomic E-state index is -1.07. The number of rotatable bonds is 5. The van der Waals surface area contributed by atoms with Crippen LogP contribution in [0.5, 0.6) is 0 Å². The van der Waals surface area contributed by atoms with E-state index in [2.05, 4.69) is 10.9 Å². The Bertz CT molecular complexity index is 118. The molecule has 66 valence electrons. The van der Waals surface area contributed by atoms with Gasteiger partial charge < -0.3 is 9.84 Å². The van der Waals surface area contributed by atoms with Crippen LogP contribution in [0.4, 0.5) is 4.79 Å². The van der Waals surface area contributed by atoms with Gasteiger partial charge >= 0.3 is 6.09 Å². The van der Waals surface area contributed by atoms with Gasteiger partial charge in [0, 0.05) is 19.8 Å². The van der Waals surface area contributed by atoms with Gasteiger partial charge in [0.15, 0.2) is 0 Å². The first-order chi connectivity index (χ1) is 5.16. The largest absolute Gasteiger partial charge is 0.464 e. The fourth-order valence-electron chi connectivity index (χ4n) is 0.552. The highest BCUT2D eigenvalue weighted by Crippen LogP contribution is 1.87. The van der Waals surface area contributed by atoms with Crippen molar-refractivity contribution >= 4 is 6.09 Å². The van der Waals surface area contributed by atoms with E-state index in [4.69, 9.17) is 9.84 Å². The van der Waals surface area contributed by atoms with Crippen LogP contribution in [0.2, 0.25) is 0 Å². The SMILES string of the molecule is COCCC(C)NNC(=O)O. The summed E-state index contributed by atoms with van der Waals surface area (Å²) in [5.74, 6) is 0. The van der Waals surface area contributed by atoms with E-state index in [1.807, 2.05) is 6.92 Å². The molecular weight excluding hydrogens is 148 g/mol. The molecule has 0 saturated heterocycles. The number of methoxy groups -OCH3 is 1. The summed E-state index contributed by atoms with van der Waals surface area (Å²) in [6.07, 6.45) is -0.300. The molecule has 0 aromatic rings. The topological polar surface area (TPSA) is 70.6 Å². The Morgan fingerprint density at radius 3 is 2.82 bits per heavy atom. The van der Waals surface area contributed by atoms with Gasteiger partial charge in [-0.15, -0.1) is 0 Å². The average Bonchev–Trinajstić information content (AvgIpc) is 1.97. The van der Waals surface area contributed by atoms with Gasteiger partial charge in [0.1, 0.15) is 0 Å². The van der Waals surface area contributed by atoms with E-state index < -0.39 is 6.09 Å². The standard InChI is InChI=1S/C6H14N2O3/c1-5(3-4-11-2)7-8-6(9)10/h5,7-8H,3-4H2,1-2H3,(H,9,10). The number of carbonyl (C=O) groups is 1. The van der Waals surface area contributed by atoms with Gasteiger partial charge in [-0.1, -0.05) is 0 Å². The molecule has 0 bridgehead atoms. The lowest BCUT2D eigenvalue weighted by atomic mass is 10.3. The molecule has 3 N–H and O–H groups in total. The Labute approximate surface area is 65.7 Å². The van der Waals surface area contributed by atoms with Gasteiger partial charge in [-0.3, -0.25) is 5.43 Å². The molecule has 0 heterocycles. The summed E-state index contributed by atoms with van der Waals surface area (Å²) in [5, 5.41) is 8.18. The third-order valence-corrected chi connectivity index (χ3v) is 1.18. The molecule has 0 spiro atoms. The molecule has 0 aliphatic rings. The zero-order chi connectivity index (χ0) is 8.69. The fraction of sp³-hybridized carbons (Fsp3) is 0.833. The second-order valence-corrected chi connectivity index (χ2v) is 2.26. The maximum absolute atomic E-state index is 9.97. The fourth-order valence-corrected chi connectivity index (χ4v) is 0.552. The zero-order valence-corrected chi connectivity index (χ0v) is 6.76. The highest BCUT2D eigenvalue weighted by molar-refractivity contribution is 5.63. The van der Waals surface area contributed by atoms with Crippen LogP contribution in [-0.2, 0) is 4.74 Å². The summed E-state index contributed by atoms with van der Waals surface area (Å²) >= 11 is 0. The second-order valence-electron chi connectivity index (χ2n) is 2.26. The van der Waals surface area contributed by atoms with E-state index in [0.717, 1.165) is 6.42 Å². The third-order valence-electron chi connectivity index (χ3n) is 1.18. The zero-order valence-electron chi connectivity index (χ0n) is 6.76. The molecule has 1 unspecified atom stereocenters. The Morgan fingerprint density at radius 2 is 2.36 bits per heavy atom. The number of carboxylic acid groups (broad SMARTS) is 1. The number of amides is 1. The summed E-state index contributed by atoms with van der Waals surface area (Å²) in [6, 6.07) is 0.0889.